The molecule has 0 atom stereocenters. The van der Waals surface area contributed by atoms with E-state index in [1.54, 1.807) is 31.4 Å². The van der Waals surface area contributed by atoms with Gasteiger partial charge in [0.25, 0.3) is 0 Å². The van der Waals surface area contributed by atoms with Crippen LogP contribution in [0, 0.1) is 0 Å². The Morgan fingerprint density at radius 3 is 2.20 bits per heavy atom. The molecule has 0 saturated carbocycles. The van der Waals surface area contributed by atoms with Crippen molar-refractivity contribution in [2.75, 3.05) is 13.7 Å². The van der Waals surface area contributed by atoms with Crippen LogP contribution in [0.5, 0.6) is 11.5 Å². The molecule has 0 unspecified atom stereocenters. The van der Waals surface area contributed by atoms with Crippen molar-refractivity contribution >= 4 is 11.7 Å². The van der Waals surface area contributed by atoms with Crippen LogP contribution in [-0.2, 0) is 11.3 Å². The van der Waals surface area contributed by atoms with Gasteiger partial charge in [0.05, 0.1) is 13.7 Å². The Labute approximate surface area is 148 Å². The van der Waals surface area contributed by atoms with Crippen LogP contribution in [0.1, 0.15) is 35.7 Å². The highest BCUT2D eigenvalue weighted by Crippen LogP contribution is 2.13. The van der Waals surface area contributed by atoms with Crippen molar-refractivity contribution in [3.05, 3.63) is 59.7 Å². The normalized spacial score (nSPS) is 10.2. The minimum Gasteiger partial charge on any atom is -0.497 e. The number of carbonyl (C=O) groups excluding carboxylic acids is 2. The summed E-state index contributed by atoms with van der Waals surface area (Å²) in [5, 5.41) is 2.88. The van der Waals surface area contributed by atoms with Gasteiger partial charge in [-0.2, -0.15) is 0 Å². The van der Waals surface area contributed by atoms with Gasteiger partial charge in [0, 0.05) is 18.5 Å². The number of Topliss-reactive ketones (excluding diaryl/α,β-unsaturated/α-hetero) is 1. The Balaban J connectivity index is 1.63. The lowest BCUT2D eigenvalue weighted by molar-refractivity contribution is -0.121. The smallest absolute Gasteiger partial charge is 0.220 e. The van der Waals surface area contributed by atoms with E-state index in [-0.39, 0.29) is 11.7 Å². The molecule has 0 spiro atoms. The Morgan fingerprint density at radius 2 is 1.60 bits per heavy atom. The fourth-order valence-electron chi connectivity index (χ4n) is 2.24. The number of nitrogens with one attached hydrogen (secondary N) is 1. The zero-order valence-corrected chi connectivity index (χ0v) is 14.6. The molecule has 0 aliphatic heterocycles. The van der Waals surface area contributed by atoms with Crippen LogP contribution in [-0.4, -0.2) is 25.4 Å². The van der Waals surface area contributed by atoms with Crippen molar-refractivity contribution in [2.24, 2.45) is 0 Å². The highest BCUT2D eigenvalue weighted by molar-refractivity contribution is 5.94. The first-order valence-electron chi connectivity index (χ1n) is 8.22. The maximum atomic E-state index is 11.8. The molecule has 0 radical (unpaired) electrons. The molecule has 25 heavy (non-hydrogen) atoms. The van der Waals surface area contributed by atoms with Gasteiger partial charge in [-0.1, -0.05) is 12.1 Å². The summed E-state index contributed by atoms with van der Waals surface area (Å²) in [7, 11) is 1.62. The van der Waals surface area contributed by atoms with Crippen molar-refractivity contribution in [2.45, 2.75) is 26.3 Å². The second kappa shape index (κ2) is 9.47. The summed E-state index contributed by atoms with van der Waals surface area (Å²) < 4.78 is 10.7. The number of ether oxygens (including phenoxy) is 2. The van der Waals surface area contributed by atoms with Gasteiger partial charge >= 0.3 is 0 Å². The largest absolute Gasteiger partial charge is 0.497 e. The lowest BCUT2D eigenvalue weighted by Crippen LogP contribution is -2.22. The topological polar surface area (TPSA) is 64.6 Å². The summed E-state index contributed by atoms with van der Waals surface area (Å²) in [6.45, 7) is 2.48. The van der Waals surface area contributed by atoms with Crippen LogP contribution >= 0.6 is 0 Å². The number of hydrogen-bond acceptors (Lipinski definition) is 4. The van der Waals surface area contributed by atoms with Crippen LogP contribution in [0.25, 0.3) is 0 Å². The molecule has 0 aliphatic rings. The summed E-state index contributed by atoms with van der Waals surface area (Å²) in [6.07, 6.45) is 1.03. The SMILES string of the molecule is COc1ccc(CNC(=O)CCCOc2ccc(C(C)=O)cc2)cc1. The molecule has 2 rings (SSSR count). The predicted molar refractivity (Wildman–Crippen MR) is 96.0 cm³/mol. The highest BCUT2D eigenvalue weighted by atomic mass is 16.5. The first kappa shape index (κ1) is 18.5. The number of carbonyl (C=O) groups is 2. The first-order chi connectivity index (χ1) is 12.1. The van der Waals surface area contributed by atoms with E-state index in [1.165, 1.54) is 6.92 Å². The van der Waals surface area contributed by atoms with E-state index in [0.717, 1.165) is 11.3 Å². The lowest BCUT2D eigenvalue weighted by atomic mass is 10.1. The van der Waals surface area contributed by atoms with Crippen LogP contribution in [0.4, 0.5) is 0 Å². The van der Waals surface area contributed by atoms with Crippen molar-refractivity contribution in [1.82, 2.24) is 5.32 Å². The van der Waals surface area contributed by atoms with Gasteiger partial charge < -0.3 is 14.8 Å². The number of rotatable bonds is 9. The summed E-state index contributed by atoms with van der Waals surface area (Å²) in [6, 6.07) is 14.6. The second-order valence-corrected chi connectivity index (χ2v) is 5.66. The van der Waals surface area contributed by atoms with E-state index in [0.29, 0.717) is 37.3 Å². The molecule has 0 fully saturated rings. The van der Waals surface area contributed by atoms with Crippen molar-refractivity contribution in [1.29, 1.82) is 0 Å². The molecular weight excluding hydrogens is 318 g/mol. The summed E-state index contributed by atoms with van der Waals surface area (Å²) in [5.41, 5.74) is 1.68. The Hall–Kier alpha value is -2.82. The minimum absolute atomic E-state index is 0.00801. The third kappa shape index (κ3) is 6.30. The fourth-order valence-corrected chi connectivity index (χ4v) is 2.24. The molecule has 0 aromatic heterocycles. The van der Waals surface area contributed by atoms with Gasteiger partial charge in [-0.15, -0.1) is 0 Å². The number of benzene rings is 2. The van der Waals surface area contributed by atoms with E-state index < -0.39 is 0 Å². The number of amides is 1. The lowest BCUT2D eigenvalue weighted by Gasteiger charge is -2.08. The van der Waals surface area contributed by atoms with Gasteiger partial charge in [0.15, 0.2) is 5.78 Å². The Morgan fingerprint density at radius 1 is 0.960 bits per heavy atom. The molecule has 132 valence electrons. The predicted octanol–water partition coefficient (Wildman–Crippen LogP) is 3.37. The van der Waals surface area contributed by atoms with Crippen LogP contribution in [0.3, 0.4) is 0 Å². The van der Waals surface area contributed by atoms with Crippen molar-refractivity contribution < 1.29 is 19.1 Å². The fraction of sp³-hybridized carbons (Fsp3) is 0.300. The highest BCUT2D eigenvalue weighted by Gasteiger charge is 2.03. The number of hydrogen-bond donors (Lipinski definition) is 1. The van der Waals surface area contributed by atoms with Crippen LogP contribution < -0.4 is 14.8 Å². The quantitative estimate of drug-likeness (QED) is 0.561. The molecule has 2 aromatic rings. The summed E-state index contributed by atoms with van der Waals surface area (Å²) >= 11 is 0. The van der Waals surface area contributed by atoms with E-state index in [1.807, 2.05) is 24.3 Å². The molecule has 5 nitrogen and oxygen atoms in total. The van der Waals surface area contributed by atoms with Gasteiger partial charge in [0.2, 0.25) is 5.91 Å². The van der Waals surface area contributed by atoms with Gasteiger partial charge in [-0.05, 0) is 55.3 Å². The first-order valence-corrected chi connectivity index (χ1v) is 8.22. The van der Waals surface area contributed by atoms with Crippen LogP contribution in [0.2, 0.25) is 0 Å². The van der Waals surface area contributed by atoms with E-state index in [4.69, 9.17) is 9.47 Å². The van der Waals surface area contributed by atoms with Crippen molar-refractivity contribution in [3.63, 3.8) is 0 Å². The average Bonchev–Trinajstić information content (AvgIpc) is 2.64. The molecule has 0 heterocycles. The Bertz CT molecular complexity index is 693. The van der Waals surface area contributed by atoms with E-state index >= 15 is 0 Å². The summed E-state index contributed by atoms with van der Waals surface area (Å²) in [4.78, 5) is 23.0. The van der Waals surface area contributed by atoms with Crippen LogP contribution in [0.15, 0.2) is 48.5 Å². The standard InChI is InChI=1S/C20H23NO4/c1-15(22)17-7-11-19(12-8-17)25-13-3-4-20(23)21-14-16-5-9-18(24-2)10-6-16/h5-12H,3-4,13-14H2,1-2H3,(H,21,23). The summed E-state index contributed by atoms with van der Waals surface area (Å²) in [5.74, 6) is 1.51. The zero-order chi connectivity index (χ0) is 18.1. The molecule has 2 aromatic carbocycles. The average molecular weight is 341 g/mol. The monoisotopic (exact) mass is 341 g/mol. The van der Waals surface area contributed by atoms with E-state index in [2.05, 4.69) is 5.32 Å². The molecule has 5 heteroatoms. The Kier molecular flexibility index (Phi) is 7.01. The molecule has 1 amide bonds. The molecule has 1 N–H and O–H groups in total. The third-order valence-corrected chi connectivity index (χ3v) is 3.73. The minimum atomic E-state index is -0.00801. The van der Waals surface area contributed by atoms with Gasteiger partial charge in [-0.25, -0.2) is 0 Å². The van der Waals surface area contributed by atoms with Gasteiger partial charge in [-0.3, -0.25) is 9.59 Å². The third-order valence-electron chi connectivity index (χ3n) is 3.73. The molecular formula is C20H23NO4. The zero-order valence-electron chi connectivity index (χ0n) is 14.6. The van der Waals surface area contributed by atoms with E-state index in [9.17, 15) is 9.59 Å². The van der Waals surface area contributed by atoms with Crippen molar-refractivity contribution in [3.8, 4) is 11.5 Å². The van der Waals surface area contributed by atoms with Gasteiger partial charge in [0.1, 0.15) is 11.5 Å². The second-order valence-electron chi connectivity index (χ2n) is 5.66. The molecule has 0 saturated heterocycles. The maximum Gasteiger partial charge on any atom is 0.220 e. The maximum absolute atomic E-state index is 11.8. The number of ketones is 1. The molecule has 0 bridgehead atoms. The molecule has 0 aliphatic carbocycles. The number of methoxy groups -OCH3 is 1.